The molecule has 2 N–H and O–H groups in total. The second kappa shape index (κ2) is 9.14. The number of hydrogen-bond acceptors (Lipinski definition) is 3. The minimum absolute atomic E-state index is 0. The zero-order valence-electron chi connectivity index (χ0n) is 15.3. The predicted octanol–water partition coefficient (Wildman–Crippen LogP) is 2.96. The summed E-state index contributed by atoms with van der Waals surface area (Å²) in [5.41, 5.74) is 3.62. The molecule has 7 heteroatoms. The van der Waals surface area contributed by atoms with E-state index in [9.17, 15) is 9.18 Å². The molecule has 0 unspecified atom stereocenters. The minimum atomic E-state index is -0.312. The van der Waals surface area contributed by atoms with Crippen LogP contribution in [0.15, 0.2) is 18.2 Å². The maximum Gasteiger partial charge on any atom is 0.272 e. The molecule has 1 aromatic heterocycles. The van der Waals surface area contributed by atoms with E-state index in [1.165, 1.54) is 6.07 Å². The van der Waals surface area contributed by atoms with Gasteiger partial charge in [-0.25, -0.2) is 9.07 Å². The highest BCUT2D eigenvalue weighted by Gasteiger charge is 2.27. The first-order chi connectivity index (χ1) is 12.1. The van der Waals surface area contributed by atoms with Crippen molar-refractivity contribution in [3.8, 4) is 5.69 Å². The maximum atomic E-state index is 14.4. The van der Waals surface area contributed by atoms with Gasteiger partial charge in [-0.15, -0.1) is 12.4 Å². The number of halogens is 2. The highest BCUT2D eigenvalue weighted by Crippen LogP contribution is 2.28. The zero-order chi connectivity index (χ0) is 17.8. The van der Waals surface area contributed by atoms with E-state index in [2.05, 4.69) is 22.7 Å². The molecule has 26 heavy (non-hydrogen) atoms. The summed E-state index contributed by atoms with van der Waals surface area (Å²) in [6.07, 6.45) is 3.67. The summed E-state index contributed by atoms with van der Waals surface area (Å²) in [5.74, 6) is -0.490. The van der Waals surface area contributed by atoms with Gasteiger partial charge in [0.25, 0.3) is 5.91 Å². The van der Waals surface area contributed by atoms with Gasteiger partial charge in [0.1, 0.15) is 11.5 Å². The van der Waals surface area contributed by atoms with E-state index >= 15 is 0 Å². The molecule has 1 aromatic carbocycles. The van der Waals surface area contributed by atoms with Crippen molar-refractivity contribution in [3.63, 3.8) is 0 Å². The fourth-order valence-corrected chi connectivity index (χ4v) is 3.25. The molecule has 0 atom stereocenters. The SMILES string of the molecule is CCCNCCNC(=O)c1nn(-c2ccc(C)cc2F)c2c1CCC2.Cl. The minimum Gasteiger partial charge on any atom is -0.349 e. The number of nitrogens with one attached hydrogen (secondary N) is 2. The molecule has 3 rings (SSSR count). The number of benzene rings is 1. The number of nitrogens with zero attached hydrogens (tertiary/aromatic N) is 2. The van der Waals surface area contributed by atoms with Crippen LogP contribution in [0.1, 0.15) is 47.1 Å². The normalized spacial score (nSPS) is 12.6. The molecule has 0 aliphatic heterocycles. The van der Waals surface area contributed by atoms with Crippen molar-refractivity contribution in [2.75, 3.05) is 19.6 Å². The number of hydrogen-bond donors (Lipinski definition) is 2. The maximum absolute atomic E-state index is 14.4. The molecule has 0 saturated heterocycles. The summed E-state index contributed by atoms with van der Waals surface area (Å²) >= 11 is 0. The van der Waals surface area contributed by atoms with Gasteiger partial charge in [0.2, 0.25) is 0 Å². The van der Waals surface area contributed by atoms with Crippen LogP contribution in [0, 0.1) is 12.7 Å². The fraction of sp³-hybridized carbons (Fsp3) is 0.474. The monoisotopic (exact) mass is 380 g/mol. The first kappa shape index (κ1) is 20.4. The molecule has 1 amide bonds. The van der Waals surface area contributed by atoms with E-state index in [1.54, 1.807) is 10.7 Å². The Hall–Kier alpha value is -1.92. The molecule has 142 valence electrons. The Bertz CT molecular complexity index is 775. The van der Waals surface area contributed by atoms with Crippen LogP contribution in [0.5, 0.6) is 0 Å². The van der Waals surface area contributed by atoms with E-state index in [0.717, 1.165) is 55.6 Å². The van der Waals surface area contributed by atoms with Gasteiger partial charge in [-0.1, -0.05) is 13.0 Å². The van der Waals surface area contributed by atoms with Crippen molar-refractivity contribution in [2.45, 2.75) is 39.5 Å². The molecule has 2 aromatic rings. The van der Waals surface area contributed by atoms with Crippen molar-refractivity contribution in [1.29, 1.82) is 0 Å². The summed E-state index contributed by atoms with van der Waals surface area (Å²) in [6.45, 7) is 6.18. The number of amides is 1. The largest absolute Gasteiger partial charge is 0.349 e. The van der Waals surface area contributed by atoms with Gasteiger partial charge in [-0.2, -0.15) is 5.10 Å². The highest BCUT2D eigenvalue weighted by molar-refractivity contribution is 5.94. The van der Waals surface area contributed by atoms with Crippen molar-refractivity contribution >= 4 is 18.3 Å². The zero-order valence-corrected chi connectivity index (χ0v) is 16.1. The van der Waals surface area contributed by atoms with Crippen LogP contribution in [0.25, 0.3) is 5.69 Å². The van der Waals surface area contributed by atoms with Crippen LogP contribution >= 0.6 is 12.4 Å². The first-order valence-electron chi connectivity index (χ1n) is 8.98. The van der Waals surface area contributed by atoms with E-state index in [0.29, 0.717) is 17.9 Å². The highest BCUT2D eigenvalue weighted by atomic mass is 35.5. The first-order valence-corrected chi connectivity index (χ1v) is 8.98. The standard InChI is InChI=1S/C19H25FN4O.ClH/c1-3-9-21-10-11-22-19(25)18-14-5-4-6-16(14)24(23-18)17-8-7-13(2)12-15(17)20;/h7-8,12,21H,3-6,9-11H2,1-2H3,(H,22,25);1H. The summed E-state index contributed by atoms with van der Waals surface area (Å²) in [4.78, 5) is 12.5. The van der Waals surface area contributed by atoms with Gasteiger partial charge in [0, 0.05) is 24.3 Å². The van der Waals surface area contributed by atoms with E-state index in [1.807, 2.05) is 13.0 Å². The summed E-state index contributed by atoms with van der Waals surface area (Å²) in [6, 6.07) is 5.09. The lowest BCUT2D eigenvalue weighted by Gasteiger charge is -2.07. The van der Waals surface area contributed by atoms with Crippen LogP contribution in [-0.4, -0.2) is 35.3 Å². The molecule has 5 nitrogen and oxygen atoms in total. The Morgan fingerprint density at radius 3 is 2.81 bits per heavy atom. The molecule has 0 radical (unpaired) electrons. The number of carbonyl (C=O) groups is 1. The lowest BCUT2D eigenvalue weighted by atomic mass is 10.2. The van der Waals surface area contributed by atoms with Crippen molar-refractivity contribution in [1.82, 2.24) is 20.4 Å². The van der Waals surface area contributed by atoms with Crippen LogP contribution in [0.3, 0.4) is 0 Å². The van der Waals surface area contributed by atoms with Gasteiger partial charge >= 0.3 is 0 Å². The van der Waals surface area contributed by atoms with Crippen molar-refractivity contribution in [3.05, 3.63) is 46.5 Å². The smallest absolute Gasteiger partial charge is 0.272 e. The molecule has 0 spiro atoms. The lowest BCUT2D eigenvalue weighted by molar-refractivity contribution is 0.0947. The molecule has 0 fully saturated rings. The van der Waals surface area contributed by atoms with E-state index in [4.69, 9.17) is 0 Å². The number of rotatable bonds is 7. The Labute approximate surface area is 159 Å². The van der Waals surface area contributed by atoms with Crippen LogP contribution in [0.2, 0.25) is 0 Å². The molecular weight excluding hydrogens is 355 g/mol. The van der Waals surface area contributed by atoms with Crippen molar-refractivity contribution in [2.24, 2.45) is 0 Å². The number of fused-ring (bicyclic) bond motifs is 1. The van der Waals surface area contributed by atoms with Crippen molar-refractivity contribution < 1.29 is 9.18 Å². The van der Waals surface area contributed by atoms with Crippen LogP contribution in [-0.2, 0) is 12.8 Å². The average molecular weight is 381 g/mol. The third kappa shape index (κ3) is 4.24. The quantitative estimate of drug-likeness (QED) is 0.726. The second-order valence-corrected chi connectivity index (χ2v) is 6.50. The van der Waals surface area contributed by atoms with Gasteiger partial charge in [0.05, 0.1) is 0 Å². The second-order valence-electron chi connectivity index (χ2n) is 6.50. The molecule has 0 saturated carbocycles. The van der Waals surface area contributed by atoms with E-state index < -0.39 is 0 Å². The van der Waals surface area contributed by atoms with Gasteiger partial charge in [0.15, 0.2) is 5.69 Å². The number of carbonyl (C=O) groups excluding carboxylic acids is 1. The van der Waals surface area contributed by atoms with Gasteiger partial charge < -0.3 is 10.6 Å². The Morgan fingerprint density at radius 1 is 1.27 bits per heavy atom. The third-order valence-corrected chi connectivity index (χ3v) is 4.49. The molecule has 1 heterocycles. The summed E-state index contributed by atoms with van der Waals surface area (Å²) in [5, 5.41) is 10.6. The number of aryl methyl sites for hydroxylation is 1. The van der Waals surface area contributed by atoms with Crippen LogP contribution < -0.4 is 10.6 Å². The molecule has 1 aliphatic rings. The Kier molecular flexibility index (Phi) is 7.17. The lowest BCUT2D eigenvalue weighted by Crippen LogP contribution is -2.32. The van der Waals surface area contributed by atoms with Gasteiger partial charge in [-0.05, 0) is 56.8 Å². The average Bonchev–Trinajstić information content (AvgIpc) is 3.17. The summed E-state index contributed by atoms with van der Waals surface area (Å²) < 4.78 is 16.0. The molecule has 1 aliphatic carbocycles. The van der Waals surface area contributed by atoms with Crippen LogP contribution in [0.4, 0.5) is 4.39 Å². The third-order valence-electron chi connectivity index (χ3n) is 4.49. The Morgan fingerprint density at radius 2 is 2.08 bits per heavy atom. The summed E-state index contributed by atoms with van der Waals surface area (Å²) in [7, 11) is 0. The Balaban J connectivity index is 0.00000243. The molecule has 0 bridgehead atoms. The van der Waals surface area contributed by atoms with E-state index in [-0.39, 0.29) is 24.1 Å². The predicted molar refractivity (Wildman–Crippen MR) is 103 cm³/mol. The topological polar surface area (TPSA) is 58.9 Å². The van der Waals surface area contributed by atoms with Gasteiger partial charge in [-0.3, -0.25) is 4.79 Å². The number of aromatic nitrogens is 2. The fourth-order valence-electron chi connectivity index (χ4n) is 3.25. The molecular formula is C19H26ClFN4O.